The Morgan fingerprint density at radius 1 is 1.40 bits per heavy atom. The number of hydrogen-bond donors (Lipinski definition) is 1. The van der Waals surface area contributed by atoms with Gasteiger partial charge in [-0.25, -0.2) is 0 Å². The minimum Gasteiger partial charge on any atom is -0.311 e. The van der Waals surface area contributed by atoms with E-state index in [1.165, 1.54) is 32.1 Å². The lowest BCUT2D eigenvalue weighted by molar-refractivity contribution is 0.214. The molecule has 0 atom stereocenters. The monoisotopic (exact) mass is 139 g/mol. The molecule has 1 N–H and O–H groups in total. The fraction of sp³-hybridized carbons (Fsp3) is 1.00. The molecule has 1 nitrogen and oxygen atoms in total. The minimum absolute atomic E-state index is 0.646. The molecule has 1 heteroatoms. The summed E-state index contributed by atoms with van der Waals surface area (Å²) < 4.78 is 0. The Balaban J connectivity index is 1.87. The topological polar surface area (TPSA) is 12.0 Å². The number of nitrogens with one attached hydrogen (secondary N) is 1. The smallest absolute Gasteiger partial charge is 0.0210 e. The SMILES string of the molecule is CCNC1(C2CCC2)CC1. The maximum Gasteiger partial charge on any atom is 0.0210 e. The van der Waals surface area contributed by atoms with Gasteiger partial charge in [-0.1, -0.05) is 13.3 Å². The molecular formula is C9H17N. The molecule has 2 fully saturated rings. The van der Waals surface area contributed by atoms with Crippen LogP contribution in [0.3, 0.4) is 0 Å². The zero-order valence-corrected chi connectivity index (χ0v) is 6.82. The predicted molar refractivity (Wildman–Crippen MR) is 43.0 cm³/mol. The van der Waals surface area contributed by atoms with Crippen molar-refractivity contribution >= 4 is 0 Å². The van der Waals surface area contributed by atoms with Crippen molar-refractivity contribution in [3.8, 4) is 0 Å². The highest BCUT2D eigenvalue weighted by Crippen LogP contribution is 2.50. The zero-order chi connectivity index (χ0) is 7.03. The highest BCUT2D eigenvalue weighted by Gasteiger charge is 2.50. The van der Waals surface area contributed by atoms with Crippen LogP contribution in [0.15, 0.2) is 0 Å². The van der Waals surface area contributed by atoms with Gasteiger partial charge in [0, 0.05) is 5.54 Å². The predicted octanol–water partition coefficient (Wildman–Crippen LogP) is 1.93. The maximum atomic E-state index is 3.63. The summed E-state index contributed by atoms with van der Waals surface area (Å²) in [4.78, 5) is 0. The van der Waals surface area contributed by atoms with Gasteiger partial charge < -0.3 is 5.32 Å². The lowest BCUT2D eigenvalue weighted by atomic mass is 9.78. The van der Waals surface area contributed by atoms with E-state index in [2.05, 4.69) is 12.2 Å². The standard InChI is InChI=1S/C9H17N/c1-2-10-9(6-7-9)8-4-3-5-8/h8,10H,2-7H2,1H3. The van der Waals surface area contributed by atoms with Crippen LogP contribution in [-0.4, -0.2) is 12.1 Å². The van der Waals surface area contributed by atoms with Crippen LogP contribution in [0.1, 0.15) is 39.0 Å². The van der Waals surface area contributed by atoms with E-state index in [9.17, 15) is 0 Å². The van der Waals surface area contributed by atoms with Crippen LogP contribution in [0, 0.1) is 5.92 Å². The second kappa shape index (κ2) is 2.23. The first-order valence-corrected chi connectivity index (χ1v) is 4.62. The molecule has 0 amide bonds. The molecule has 0 spiro atoms. The first-order chi connectivity index (χ1) is 4.87. The van der Waals surface area contributed by atoms with Gasteiger partial charge in [0.2, 0.25) is 0 Å². The molecule has 0 aliphatic heterocycles. The van der Waals surface area contributed by atoms with E-state index < -0.39 is 0 Å². The highest BCUT2D eigenvalue weighted by molar-refractivity contribution is 5.08. The fourth-order valence-electron chi connectivity index (χ4n) is 2.18. The van der Waals surface area contributed by atoms with Gasteiger partial charge in [0.05, 0.1) is 0 Å². The van der Waals surface area contributed by atoms with Crippen LogP contribution >= 0.6 is 0 Å². The molecule has 0 aromatic heterocycles. The lowest BCUT2D eigenvalue weighted by Crippen LogP contribution is -2.41. The molecular weight excluding hydrogens is 122 g/mol. The number of hydrogen-bond acceptors (Lipinski definition) is 1. The Morgan fingerprint density at radius 3 is 2.40 bits per heavy atom. The van der Waals surface area contributed by atoms with Crippen molar-refractivity contribution in [2.24, 2.45) is 5.92 Å². The van der Waals surface area contributed by atoms with Gasteiger partial charge in [0.1, 0.15) is 0 Å². The maximum absolute atomic E-state index is 3.63. The normalized spacial score (nSPS) is 29.7. The first-order valence-electron chi connectivity index (χ1n) is 4.62. The summed E-state index contributed by atoms with van der Waals surface area (Å²) in [5, 5.41) is 3.63. The van der Waals surface area contributed by atoms with E-state index in [-0.39, 0.29) is 0 Å². The Hall–Kier alpha value is -0.0400. The summed E-state index contributed by atoms with van der Waals surface area (Å²) >= 11 is 0. The van der Waals surface area contributed by atoms with E-state index in [4.69, 9.17) is 0 Å². The van der Waals surface area contributed by atoms with Crippen LogP contribution < -0.4 is 5.32 Å². The minimum atomic E-state index is 0.646. The van der Waals surface area contributed by atoms with Crippen molar-refractivity contribution in [2.45, 2.75) is 44.6 Å². The van der Waals surface area contributed by atoms with E-state index >= 15 is 0 Å². The van der Waals surface area contributed by atoms with E-state index in [0.717, 1.165) is 12.5 Å². The van der Waals surface area contributed by atoms with Crippen molar-refractivity contribution in [3.05, 3.63) is 0 Å². The second-order valence-corrected chi connectivity index (χ2v) is 3.81. The van der Waals surface area contributed by atoms with Crippen molar-refractivity contribution in [1.82, 2.24) is 5.32 Å². The van der Waals surface area contributed by atoms with E-state index in [1.807, 2.05) is 0 Å². The van der Waals surface area contributed by atoms with Gasteiger partial charge in [-0.3, -0.25) is 0 Å². The summed E-state index contributed by atoms with van der Waals surface area (Å²) in [5.41, 5.74) is 0.646. The van der Waals surface area contributed by atoms with Gasteiger partial charge in [-0.05, 0) is 38.1 Å². The van der Waals surface area contributed by atoms with Crippen LogP contribution in [0.2, 0.25) is 0 Å². The summed E-state index contributed by atoms with van der Waals surface area (Å²) in [7, 11) is 0. The molecule has 0 heterocycles. The third-order valence-corrected chi connectivity index (χ3v) is 3.20. The van der Waals surface area contributed by atoms with Crippen LogP contribution in [-0.2, 0) is 0 Å². The molecule has 0 aromatic carbocycles. The van der Waals surface area contributed by atoms with Crippen molar-refractivity contribution < 1.29 is 0 Å². The van der Waals surface area contributed by atoms with E-state index in [1.54, 1.807) is 0 Å². The van der Waals surface area contributed by atoms with Crippen molar-refractivity contribution in [3.63, 3.8) is 0 Å². The van der Waals surface area contributed by atoms with Crippen LogP contribution in [0.25, 0.3) is 0 Å². The number of rotatable bonds is 3. The Bertz CT molecular complexity index is 123. The van der Waals surface area contributed by atoms with Gasteiger partial charge in [0.25, 0.3) is 0 Å². The third-order valence-electron chi connectivity index (χ3n) is 3.20. The molecule has 58 valence electrons. The summed E-state index contributed by atoms with van der Waals surface area (Å²) in [6, 6.07) is 0. The fourth-order valence-corrected chi connectivity index (χ4v) is 2.18. The van der Waals surface area contributed by atoms with Gasteiger partial charge >= 0.3 is 0 Å². The van der Waals surface area contributed by atoms with Crippen molar-refractivity contribution in [1.29, 1.82) is 0 Å². The largest absolute Gasteiger partial charge is 0.311 e. The first kappa shape index (κ1) is 6.66. The molecule has 0 saturated heterocycles. The van der Waals surface area contributed by atoms with Gasteiger partial charge in [-0.15, -0.1) is 0 Å². The molecule has 2 aliphatic rings. The average Bonchev–Trinajstić information content (AvgIpc) is 2.44. The Kier molecular flexibility index (Phi) is 1.48. The summed E-state index contributed by atoms with van der Waals surface area (Å²) in [6.07, 6.45) is 7.37. The molecule has 2 saturated carbocycles. The molecule has 0 bridgehead atoms. The molecule has 0 unspecified atom stereocenters. The molecule has 0 aromatic rings. The van der Waals surface area contributed by atoms with Crippen molar-refractivity contribution in [2.75, 3.05) is 6.54 Å². The van der Waals surface area contributed by atoms with Gasteiger partial charge in [-0.2, -0.15) is 0 Å². The van der Waals surface area contributed by atoms with E-state index in [0.29, 0.717) is 5.54 Å². The third kappa shape index (κ3) is 0.878. The van der Waals surface area contributed by atoms with Crippen LogP contribution in [0.4, 0.5) is 0 Å². The van der Waals surface area contributed by atoms with Gasteiger partial charge in [0.15, 0.2) is 0 Å². The molecule has 0 radical (unpaired) electrons. The lowest BCUT2D eigenvalue weighted by Gasteiger charge is -2.34. The quantitative estimate of drug-likeness (QED) is 0.630. The molecule has 2 aliphatic carbocycles. The summed E-state index contributed by atoms with van der Waals surface area (Å²) in [5.74, 6) is 1.05. The Morgan fingerprint density at radius 2 is 2.10 bits per heavy atom. The van der Waals surface area contributed by atoms with Crippen LogP contribution in [0.5, 0.6) is 0 Å². The average molecular weight is 139 g/mol. The zero-order valence-electron chi connectivity index (χ0n) is 6.82. The molecule has 10 heavy (non-hydrogen) atoms. The second-order valence-electron chi connectivity index (χ2n) is 3.81. The summed E-state index contributed by atoms with van der Waals surface area (Å²) in [6.45, 7) is 3.38. The molecule has 2 rings (SSSR count). The highest BCUT2D eigenvalue weighted by atomic mass is 15.0. The Labute approximate surface area is 63.2 Å².